The molecule has 7 rings (SSSR count). The Balaban J connectivity index is 0.000000229. The van der Waals surface area contributed by atoms with E-state index in [1.165, 1.54) is 44.5 Å². The SMILES string of the molecule is CC(C)N(C)C1CCC(N2CCC(Nc3ncnc4ccc(C(F)(F)F)cc34)C2=O)CC1.CN1C(=O)CCC1c1cccnc1.COCCCC(N)=O.O=CNCCOCC1CCCCC1. The molecule has 2 atom stereocenters. The second-order valence-corrected chi connectivity index (χ2v) is 17.7. The smallest absolute Gasteiger partial charge is 0.385 e. The molecule has 4 amide bonds. The lowest BCUT2D eigenvalue weighted by Crippen LogP contribution is -2.46. The Kier molecular flexibility index (Phi) is 22.5. The summed E-state index contributed by atoms with van der Waals surface area (Å²) in [5, 5.41) is 5.96. The second kappa shape index (κ2) is 27.6. The van der Waals surface area contributed by atoms with Crippen molar-refractivity contribution in [3.05, 3.63) is 60.2 Å². The fraction of sp³-hybridized carbons (Fsp3) is 0.646. The maximum absolute atomic E-state index is 13.2. The van der Waals surface area contributed by atoms with Crippen LogP contribution < -0.4 is 16.4 Å². The summed E-state index contributed by atoms with van der Waals surface area (Å²) in [6.07, 6.45) is 15.3. The summed E-state index contributed by atoms with van der Waals surface area (Å²) in [4.78, 5) is 62.8. The van der Waals surface area contributed by atoms with Crippen molar-refractivity contribution in [1.82, 2.24) is 35.0 Å². The third kappa shape index (κ3) is 17.0. The van der Waals surface area contributed by atoms with Gasteiger partial charge >= 0.3 is 6.18 Å². The third-order valence-electron chi connectivity index (χ3n) is 12.9. The Morgan fingerprint density at radius 2 is 1.76 bits per heavy atom. The van der Waals surface area contributed by atoms with Crippen molar-refractivity contribution in [3.63, 3.8) is 0 Å². The first-order valence-electron chi connectivity index (χ1n) is 23.4. The fourth-order valence-corrected chi connectivity index (χ4v) is 8.86. The number of nitrogens with one attached hydrogen (secondary N) is 2. The molecule has 0 radical (unpaired) electrons. The number of likely N-dealkylation sites (tertiary alicyclic amines) is 2. The first-order valence-corrected chi connectivity index (χ1v) is 23.4. The van der Waals surface area contributed by atoms with E-state index in [0.29, 0.717) is 69.6 Å². The van der Waals surface area contributed by atoms with Crippen LogP contribution in [0.2, 0.25) is 0 Å². The molecule has 4 aliphatic rings. The van der Waals surface area contributed by atoms with Crippen LogP contribution in [0.4, 0.5) is 19.0 Å². The first-order chi connectivity index (χ1) is 31.6. The van der Waals surface area contributed by atoms with E-state index in [2.05, 4.69) is 56.1 Å². The number of nitrogens with two attached hydrogens (primary N) is 1. The van der Waals surface area contributed by atoms with Crippen LogP contribution in [0.3, 0.4) is 0 Å². The number of rotatable bonds is 16. The Hall–Kier alpha value is -4.94. The minimum Gasteiger partial charge on any atom is -0.385 e. The number of carbonyl (C=O) groups is 4. The van der Waals surface area contributed by atoms with Gasteiger partial charge in [0.2, 0.25) is 24.1 Å². The van der Waals surface area contributed by atoms with Gasteiger partial charge in [0.25, 0.3) is 0 Å². The maximum atomic E-state index is 13.2. The Labute approximate surface area is 388 Å². The van der Waals surface area contributed by atoms with Crippen LogP contribution in [-0.4, -0.2) is 132 Å². The summed E-state index contributed by atoms with van der Waals surface area (Å²) in [5.41, 5.74) is 5.62. The lowest BCUT2D eigenvalue weighted by atomic mass is 9.89. The number of alkyl halides is 3. The maximum Gasteiger partial charge on any atom is 0.416 e. The normalized spacial score (nSPS) is 21.1. The molecule has 4 N–H and O–H groups in total. The number of ether oxygens (including phenoxy) is 2. The summed E-state index contributed by atoms with van der Waals surface area (Å²) >= 11 is 0. The number of fused-ring (bicyclic) bond motifs is 1. The molecule has 15 nitrogen and oxygen atoms in total. The van der Waals surface area contributed by atoms with E-state index in [4.69, 9.17) is 10.5 Å². The van der Waals surface area contributed by atoms with Crippen molar-refractivity contribution in [2.24, 2.45) is 11.7 Å². The number of benzene rings is 1. The number of amides is 4. The number of pyridine rings is 1. The minimum absolute atomic E-state index is 0.00408. The number of anilines is 1. The van der Waals surface area contributed by atoms with Crippen molar-refractivity contribution >= 4 is 40.9 Å². The number of carbonyl (C=O) groups excluding carboxylic acids is 4. The van der Waals surface area contributed by atoms with Crippen LogP contribution >= 0.6 is 0 Å². The van der Waals surface area contributed by atoms with Crippen molar-refractivity contribution < 1.29 is 41.8 Å². The molecule has 4 fully saturated rings. The van der Waals surface area contributed by atoms with Crippen LogP contribution in [-0.2, 0) is 34.8 Å². The van der Waals surface area contributed by atoms with Gasteiger partial charge in [0.1, 0.15) is 18.2 Å². The second-order valence-electron chi connectivity index (χ2n) is 17.7. The molecule has 2 aliphatic heterocycles. The van der Waals surface area contributed by atoms with Crippen molar-refractivity contribution in [1.29, 1.82) is 0 Å². The van der Waals surface area contributed by atoms with Gasteiger partial charge in [0.15, 0.2) is 0 Å². The third-order valence-corrected chi connectivity index (χ3v) is 12.9. The summed E-state index contributed by atoms with van der Waals surface area (Å²) in [5.74, 6) is 1.01. The number of nitrogens with zero attached hydrogens (tertiary/aromatic N) is 6. The number of hydrogen-bond acceptors (Lipinski definition) is 11. The minimum atomic E-state index is -4.45. The van der Waals surface area contributed by atoms with E-state index in [9.17, 15) is 32.3 Å². The molecule has 2 unspecified atom stereocenters. The summed E-state index contributed by atoms with van der Waals surface area (Å²) < 4.78 is 49.6. The molecular formula is C48H72F3N9O6. The summed E-state index contributed by atoms with van der Waals surface area (Å²) in [6.45, 7) is 7.82. The van der Waals surface area contributed by atoms with Crippen LogP contribution in [0.15, 0.2) is 49.1 Å². The predicted octanol–water partition coefficient (Wildman–Crippen LogP) is 6.92. The van der Waals surface area contributed by atoms with E-state index >= 15 is 0 Å². The molecule has 18 heteroatoms. The average Bonchev–Trinajstić information content (AvgIpc) is 3.85. The molecule has 66 heavy (non-hydrogen) atoms. The molecule has 4 heterocycles. The summed E-state index contributed by atoms with van der Waals surface area (Å²) in [6, 6.07) is 8.34. The molecule has 2 aromatic heterocycles. The first kappa shape index (κ1) is 53.7. The number of primary amides is 1. The Bertz CT molecular complexity index is 1930. The zero-order valence-corrected chi connectivity index (χ0v) is 39.4. The largest absolute Gasteiger partial charge is 0.416 e. The van der Waals surface area contributed by atoms with Gasteiger partial charge in [-0.05, 0) is 114 Å². The molecule has 2 saturated heterocycles. The van der Waals surface area contributed by atoms with Gasteiger partial charge < -0.3 is 40.5 Å². The molecule has 0 spiro atoms. The number of hydrogen-bond donors (Lipinski definition) is 3. The Morgan fingerprint density at radius 1 is 1.02 bits per heavy atom. The van der Waals surface area contributed by atoms with E-state index in [1.54, 1.807) is 18.2 Å². The molecule has 3 aromatic rings. The van der Waals surface area contributed by atoms with Crippen LogP contribution in [0, 0.1) is 5.92 Å². The van der Waals surface area contributed by atoms with Crippen molar-refractivity contribution in [3.8, 4) is 0 Å². The highest BCUT2D eigenvalue weighted by atomic mass is 19.4. The lowest BCUT2D eigenvalue weighted by molar-refractivity contribution is -0.137. The van der Waals surface area contributed by atoms with Gasteiger partial charge in [0.05, 0.1) is 23.7 Å². The molecule has 2 saturated carbocycles. The van der Waals surface area contributed by atoms with Gasteiger partial charge in [-0.25, -0.2) is 9.97 Å². The van der Waals surface area contributed by atoms with Gasteiger partial charge in [-0.1, -0.05) is 25.3 Å². The molecule has 2 aliphatic carbocycles. The highest BCUT2D eigenvalue weighted by molar-refractivity contribution is 5.93. The predicted molar refractivity (Wildman–Crippen MR) is 248 cm³/mol. The number of aromatic nitrogens is 3. The highest BCUT2D eigenvalue weighted by Crippen LogP contribution is 2.35. The van der Waals surface area contributed by atoms with E-state index in [0.717, 1.165) is 68.7 Å². The summed E-state index contributed by atoms with van der Waals surface area (Å²) in [7, 11) is 5.61. The molecule has 366 valence electrons. The zero-order valence-electron chi connectivity index (χ0n) is 39.4. The standard InChI is InChI=1S/C23H30F3N5O.C10H12N2O.C10H19NO2.C5H11NO2/c1-14(2)30(3)16-5-7-17(8-6-16)31-11-10-20(22(31)32)29-21-18-12-15(23(24,25)26)4-9-19(18)27-13-28-21;1-12-9(4-5-10(12)13)8-3-2-6-11-7-8;12-9-11-6-7-13-8-10-4-2-1-3-5-10;1-8-4-2-3-5(6)7/h4,9,12-14,16-17,20H,5-8,10-11H2,1-3H3,(H,27,28,29);2-3,6-7,9H,4-5H2,1H3;9-10H,1-8H2,(H,11,12);2-4H2,1H3,(H2,6,7). The van der Waals surface area contributed by atoms with Gasteiger partial charge in [0, 0.05) is 89.2 Å². The molecular weight excluding hydrogens is 856 g/mol. The molecule has 1 aromatic carbocycles. The monoisotopic (exact) mass is 928 g/mol. The quantitative estimate of drug-likeness (QED) is 0.100. The van der Waals surface area contributed by atoms with Crippen molar-refractivity contribution in [2.75, 3.05) is 59.4 Å². The van der Waals surface area contributed by atoms with Crippen molar-refractivity contribution in [2.45, 2.75) is 140 Å². The van der Waals surface area contributed by atoms with Crippen LogP contribution in [0.1, 0.15) is 121 Å². The highest BCUT2D eigenvalue weighted by Gasteiger charge is 2.39. The number of halogens is 3. The van der Waals surface area contributed by atoms with Gasteiger partial charge in [-0.3, -0.25) is 24.2 Å². The van der Waals surface area contributed by atoms with Crippen LogP contribution in [0.25, 0.3) is 10.9 Å². The van der Waals surface area contributed by atoms with Gasteiger partial charge in [-0.2, -0.15) is 13.2 Å². The van der Waals surface area contributed by atoms with E-state index in [-0.39, 0.29) is 41.0 Å². The fourth-order valence-electron chi connectivity index (χ4n) is 8.86. The van der Waals surface area contributed by atoms with Crippen LogP contribution in [0.5, 0.6) is 0 Å². The number of methoxy groups -OCH3 is 1. The van der Waals surface area contributed by atoms with E-state index in [1.807, 2.05) is 30.3 Å². The lowest BCUT2D eigenvalue weighted by Gasteiger charge is -2.39. The molecule has 0 bridgehead atoms. The topological polar surface area (TPSA) is 185 Å². The van der Waals surface area contributed by atoms with E-state index < -0.39 is 17.8 Å². The Morgan fingerprint density at radius 3 is 2.36 bits per heavy atom. The zero-order chi connectivity index (χ0) is 48.1. The van der Waals surface area contributed by atoms with Gasteiger partial charge in [-0.15, -0.1) is 0 Å². The average molecular weight is 928 g/mol.